The molecule has 0 aliphatic heterocycles. The molecule has 0 saturated carbocycles. The molecule has 2 rings (SSSR count). The molecule has 0 saturated heterocycles. The summed E-state index contributed by atoms with van der Waals surface area (Å²) in [6.45, 7) is 5.77. The van der Waals surface area contributed by atoms with Gasteiger partial charge in [-0.25, -0.2) is 4.79 Å². The van der Waals surface area contributed by atoms with E-state index in [1.165, 1.54) is 10.8 Å². The highest BCUT2D eigenvalue weighted by Gasteiger charge is 2.07. The van der Waals surface area contributed by atoms with Gasteiger partial charge in [0.25, 0.3) is 0 Å². The summed E-state index contributed by atoms with van der Waals surface area (Å²) in [6.07, 6.45) is 0. The van der Waals surface area contributed by atoms with Crippen LogP contribution < -0.4 is 5.43 Å². The quantitative estimate of drug-likeness (QED) is 0.525. The van der Waals surface area contributed by atoms with E-state index in [1.54, 1.807) is 13.8 Å². The molecule has 0 bridgehead atoms. The number of nitrogens with one attached hydrogen (secondary N) is 1. The second-order valence-corrected chi connectivity index (χ2v) is 4.49. The lowest BCUT2D eigenvalue weighted by molar-refractivity contribution is -0.135. The highest BCUT2D eigenvalue weighted by Crippen LogP contribution is 2.25. The van der Waals surface area contributed by atoms with E-state index in [2.05, 4.69) is 22.7 Å². The van der Waals surface area contributed by atoms with Gasteiger partial charge in [0.15, 0.2) is 0 Å². The van der Waals surface area contributed by atoms with E-state index < -0.39 is 5.97 Å². The molecule has 2 aromatic rings. The van der Waals surface area contributed by atoms with Crippen molar-refractivity contribution in [1.82, 2.24) is 0 Å². The molecular weight excluding hydrogens is 252 g/mol. The van der Waals surface area contributed by atoms with Gasteiger partial charge in [0.2, 0.25) is 0 Å². The lowest BCUT2D eigenvalue weighted by atomic mass is 10.0. The molecule has 1 N–H and O–H groups in total. The number of hydrogen-bond donors (Lipinski definition) is 1. The van der Waals surface area contributed by atoms with Gasteiger partial charge in [0.1, 0.15) is 5.71 Å². The van der Waals surface area contributed by atoms with Crippen molar-refractivity contribution < 1.29 is 9.53 Å². The topological polar surface area (TPSA) is 50.7 Å². The van der Waals surface area contributed by atoms with Gasteiger partial charge >= 0.3 is 5.97 Å². The average molecular weight is 270 g/mol. The first-order valence-corrected chi connectivity index (χ1v) is 6.59. The number of aryl methyl sites for hydroxylation is 1. The highest BCUT2D eigenvalue weighted by atomic mass is 16.5. The monoisotopic (exact) mass is 270 g/mol. The molecule has 0 fully saturated rings. The Morgan fingerprint density at radius 3 is 2.75 bits per heavy atom. The number of hydrazone groups is 1. The normalized spacial score (nSPS) is 11.4. The fraction of sp³-hybridized carbons (Fsp3) is 0.250. The van der Waals surface area contributed by atoms with Crippen LogP contribution in [0.5, 0.6) is 0 Å². The lowest BCUT2D eigenvalue weighted by Crippen LogP contribution is -2.15. The van der Waals surface area contributed by atoms with Crippen LogP contribution in [0.25, 0.3) is 10.8 Å². The predicted octanol–water partition coefficient (Wildman–Crippen LogP) is 3.50. The van der Waals surface area contributed by atoms with Crippen LogP contribution in [-0.4, -0.2) is 18.3 Å². The van der Waals surface area contributed by atoms with Gasteiger partial charge in [0.05, 0.1) is 12.3 Å². The third-order valence-corrected chi connectivity index (χ3v) is 3.11. The van der Waals surface area contributed by atoms with E-state index in [1.807, 2.05) is 31.2 Å². The van der Waals surface area contributed by atoms with Gasteiger partial charge in [0, 0.05) is 0 Å². The standard InChI is InChI=1S/C16H18N2O2/c1-4-20-16(19)12(3)17-18-15-10-9-13-7-5-6-8-14(13)11(15)2/h5-10,18H,4H2,1-3H3/b17-12+. The van der Waals surface area contributed by atoms with Crippen molar-refractivity contribution in [1.29, 1.82) is 0 Å². The number of rotatable bonds is 4. The van der Waals surface area contributed by atoms with Crippen LogP contribution in [-0.2, 0) is 9.53 Å². The number of ether oxygens (including phenoxy) is 1. The molecule has 104 valence electrons. The molecule has 0 atom stereocenters. The zero-order valence-electron chi connectivity index (χ0n) is 11.9. The van der Waals surface area contributed by atoms with E-state index in [0.29, 0.717) is 12.3 Å². The molecule has 0 radical (unpaired) electrons. The molecule has 0 aromatic heterocycles. The van der Waals surface area contributed by atoms with Crippen LogP contribution in [0.2, 0.25) is 0 Å². The number of benzene rings is 2. The maximum Gasteiger partial charge on any atom is 0.354 e. The first-order chi connectivity index (χ1) is 9.63. The maximum absolute atomic E-state index is 11.5. The van der Waals surface area contributed by atoms with Crippen LogP contribution >= 0.6 is 0 Å². The lowest BCUT2D eigenvalue weighted by Gasteiger charge is -2.09. The van der Waals surface area contributed by atoms with Gasteiger partial charge in [-0.05, 0) is 43.2 Å². The number of carbonyl (C=O) groups is 1. The van der Waals surface area contributed by atoms with Crippen molar-refractivity contribution in [3.05, 3.63) is 42.0 Å². The minimum atomic E-state index is -0.404. The van der Waals surface area contributed by atoms with Crippen LogP contribution in [0.1, 0.15) is 19.4 Å². The third kappa shape index (κ3) is 2.96. The van der Waals surface area contributed by atoms with Crippen molar-refractivity contribution in [2.75, 3.05) is 12.0 Å². The van der Waals surface area contributed by atoms with Crippen molar-refractivity contribution in [3.63, 3.8) is 0 Å². The molecule has 0 amide bonds. The number of hydrogen-bond acceptors (Lipinski definition) is 4. The number of carbonyl (C=O) groups excluding carboxylic acids is 1. The molecule has 4 heteroatoms. The van der Waals surface area contributed by atoms with E-state index in [0.717, 1.165) is 11.3 Å². The summed E-state index contributed by atoms with van der Waals surface area (Å²) in [5, 5.41) is 6.42. The summed E-state index contributed by atoms with van der Waals surface area (Å²) in [5.41, 5.74) is 5.22. The largest absolute Gasteiger partial charge is 0.461 e. The first-order valence-electron chi connectivity index (χ1n) is 6.59. The smallest absolute Gasteiger partial charge is 0.354 e. The highest BCUT2D eigenvalue weighted by molar-refractivity contribution is 6.35. The minimum absolute atomic E-state index is 0.305. The molecule has 0 spiro atoms. The maximum atomic E-state index is 11.5. The zero-order chi connectivity index (χ0) is 14.5. The minimum Gasteiger partial charge on any atom is -0.461 e. The molecule has 0 unspecified atom stereocenters. The second-order valence-electron chi connectivity index (χ2n) is 4.49. The molecule has 20 heavy (non-hydrogen) atoms. The first kappa shape index (κ1) is 14.1. The average Bonchev–Trinajstić information content (AvgIpc) is 2.47. The van der Waals surface area contributed by atoms with Gasteiger partial charge in [-0.15, -0.1) is 0 Å². The third-order valence-electron chi connectivity index (χ3n) is 3.11. The Labute approximate surface area is 118 Å². The van der Waals surface area contributed by atoms with Crippen LogP contribution in [0, 0.1) is 6.92 Å². The molecule has 0 aliphatic rings. The van der Waals surface area contributed by atoms with E-state index in [4.69, 9.17) is 4.74 Å². The van der Waals surface area contributed by atoms with E-state index >= 15 is 0 Å². The predicted molar refractivity (Wildman–Crippen MR) is 82.0 cm³/mol. The van der Waals surface area contributed by atoms with Gasteiger partial charge in [-0.1, -0.05) is 30.3 Å². The fourth-order valence-electron chi connectivity index (χ4n) is 1.97. The summed E-state index contributed by atoms with van der Waals surface area (Å²) in [5.74, 6) is -0.404. The number of nitrogens with zero attached hydrogens (tertiary/aromatic N) is 1. The van der Waals surface area contributed by atoms with Gasteiger partial charge < -0.3 is 4.74 Å². The Hall–Kier alpha value is -2.36. The second kappa shape index (κ2) is 6.19. The molecule has 2 aromatic carbocycles. The van der Waals surface area contributed by atoms with Crippen LogP contribution in [0.15, 0.2) is 41.5 Å². The van der Waals surface area contributed by atoms with Crippen LogP contribution in [0.3, 0.4) is 0 Å². The Kier molecular flexibility index (Phi) is 4.35. The summed E-state index contributed by atoms with van der Waals surface area (Å²) in [7, 11) is 0. The molecular formula is C16H18N2O2. The Balaban J connectivity index is 2.24. The Morgan fingerprint density at radius 2 is 2.00 bits per heavy atom. The van der Waals surface area contributed by atoms with Gasteiger partial charge in [-0.2, -0.15) is 5.10 Å². The van der Waals surface area contributed by atoms with Crippen molar-refractivity contribution in [3.8, 4) is 0 Å². The van der Waals surface area contributed by atoms with Crippen molar-refractivity contribution in [2.24, 2.45) is 5.10 Å². The van der Waals surface area contributed by atoms with Crippen molar-refractivity contribution >= 4 is 28.1 Å². The van der Waals surface area contributed by atoms with E-state index in [-0.39, 0.29) is 0 Å². The summed E-state index contributed by atoms with van der Waals surface area (Å²) in [4.78, 5) is 11.5. The number of anilines is 1. The summed E-state index contributed by atoms with van der Waals surface area (Å²) >= 11 is 0. The zero-order valence-corrected chi connectivity index (χ0v) is 11.9. The van der Waals surface area contributed by atoms with Crippen LogP contribution in [0.4, 0.5) is 5.69 Å². The molecule has 0 aliphatic carbocycles. The summed E-state index contributed by atoms with van der Waals surface area (Å²) < 4.78 is 4.88. The Bertz CT molecular complexity index is 663. The fourth-order valence-corrected chi connectivity index (χ4v) is 1.97. The Morgan fingerprint density at radius 1 is 1.25 bits per heavy atom. The summed E-state index contributed by atoms with van der Waals surface area (Å²) in [6, 6.07) is 12.1. The SMILES string of the molecule is CCOC(=O)/C(C)=N/Nc1ccc2ccccc2c1C. The van der Waals surface area contributed by atoms with Crippen molar-refractivity contribution in [2.45, 2.75) is 20.8 Å². The van der Waals surface area contributed by atoms with E-state index in [9.17, 15) is 4.79 Å². The molecule has 0 heterocycles. The number of fused-ring (bicyclic) bond motifs is 1. The van der Waals surface area contributed by atoms with Gasteiger partial charge in [-0.3, -0.25) is 5.43 Å². The molecule has 4 nitrogen and oxygen atoms in total. The number of esters is 1.